The minimum Gasteiger partial charge on any atom is -0.384 e. The fourth-order valence-electron chi connectivity index (χ4n) is 2.58. The van der Waals surface area contributed by atoms with E-state index in [0.29, 0.717) is 5.69 Å². The maximum Gasteiger partial charge on any atom is 0.258 e. The first-order chi connectivity index (χ1) is 12.0. The fraction of sp³-hybridized carbons (Fsp3) is 0.158. The van der Waals surface area contributed by atoms with Crippen molar-refractivity contribution >= 4 is 17.4 Å². The van der Waals surface area contributed by atoms with Crippen LogP contribution in [0.2, 0.25) is 0 Å². The molecule has 0 radical (unpaired) electrons. The minimum absolute atomic E-state index is 0.0438. The summed E-state index contributed by atoms with van der Waals surface area (Å²) in [6, 6.07) is 12.9. The molecule has 0 heterocycles. The zero-order chi connectivity index (χ0) is 17.9. The molecule has 1 fully saturated rings. The molecule has 0 spiro atoms. The quantitative estimate of drug-likeness (QED) is 0.646. The SMILES string of the molecule is NC(/C=C\Nc1ccc(F)c(F)c1)=NC(=O)C1(c2ccccc2)CC1. The smallest absolute Gasteiger partial charge is 0.258 e. The number of nitrogens with zero attached hydrogens (tertiary/aromatic N) is 1. The number of carbonyl (C=O) groups excluding carboxylic acids is 1. The van der Waals surface area contributed by atoms with Crippen LogP contribution in [-0.4, -0.2) is 11.7 Å². The zero-order valence-electron chi connectivity index (χ0n) is 13.4. The topological polar surface area (TPSA) is 67.5 Å². The van der Waals surface area contributed by atoms with Crippen molar-refractivity contribution in [2.45, 2.75) is 18.3 Å². The molecule has 128 valence electrons. The Bertz CT molecular complexity index is 843. The Balaban J connectivity index is 1.65. The van der Waals surface area contributed by atoms with Gasteiger partial charge in [-0.2, -0.15) is 4.99 Å². The van der Waals surface area contributed by atoms with E-state index in [4.69, 9.17) is 5.73 Å². The van der Waals surface area contributed by atoms with Crippen molar-refractivity contribution in [1.82, 2.24) is 0 Å². The molecule has 1 aliphatic carbocycles. The van der Waals surface area contributed by atoms with Gasteiger partial charge in [-0.15, -0.1) is 0 Å². The van der Waals surface area contributed by atoms with Gasteiger partial charge in [0.05, 0.1) is 5.41 Å². The highest BCUT2D eigenvalue weighted by Gasteiger charge is 2.51. The third kappa shape index (κ3) is 3.74. The maximum atomic E-state index is 13.1. The highest BCUT2D eigenvalue weighted by atomic mass is 19.2. The van der Waals surface area contributed by atoms with Crippen LogP contribution in [0.15, 0.2) is 65.8 Å². The number of amidine groups is 1. The molecular weight excluding hydrogens is 324 g/mol. The summed E-state index contributed by atoms with van der Waals surface area (Å²) in [7, 11) is 0. The Morgan fingerprint density at radius 2 is 1.84 bits per heavy atom. The molecule has 2 aromatic carbocycles. The number of aliphatic imine (C=N–C) groups is 1. The predicted molar refractivity (Wildman–Crippen MR) is 93.1 cm³/mol. The van der Waals surface area contributed by atoms with Crippen LogP contribution in [0.3, 0.4) is 0 Å². The molecule has 0 unspecified atom stereocenters. The molecule has 2 aromatic rings. The summed E-state index contributed by atoms with van der Waals surface area (Å²) in [5.41, 5.74) is 6.50. The molecule has 3 N–H and O–H groups in total. The molecule has 0 bridgehead atoms. The summed E-state index contributed by atoms with van der Waals surface area (Å²) in [5, 5.41) is 2.74. The van der Waals surface area contributed by atoms with Crippen molar-refractivity contribution in [2.24, 2.45) is 10.7 Å². The molecule has 1 amide bonds. The lowest BCUT2D eigenvalue weighted by atomic mass is 9.95. The number of amides is 1. The van der Waals surface area contributed by atoms with Crippen molar-refractivity contribution in [3.63, 3.8) is 0 Å². The van der Waals surface area contributed by atoms with E-state index in [2.05, 4.69) is 10.3 Å². The van der Waals surface area contributed by atoms with Crippen LogP contribution in [0.4, 0.5) is 14.5 Å². The van der Waals surface area contributed by atoms with Gasteiger partial charge >= 0.3 is 0 Å². The second kappa shape index (κ2) is 6.84. The van der Waals surface area contributed by atoms with E-state index in [-0.39, 0.29) is 11.7 Å². The summed E-state index contributed by atoms with van der Waals surface area (Å²) in [6.07, 6.45) is 4.33. The van der Waals surface area contributed by atoms with Gasteiger partial charge < -0.3 is 11.1 Å². The monoisotopic (exact) mass is 341 g/mol. The van der Waals surface area contributed by atoms with Gasteiger partial charge in [0.2, 0.25) is 0 Å². The van der Waals surface area contributed by atoms with E-state index < -0.39 is 17.0 Å². The summed E-state index contributed by atoms with van der Waals surface area (Å²) >= 11 is 0. The van der Waals surface area contributed by atoms with E-state index in [1.165, 1.54) is 18.3 Å². The lowest BCUT2D eigenvalue weighted by Gasteiger charge is -2.11. The number of rotatable bonds is 5. The third-order valence-corrected chi connectivity index (χ3v) is 4.14. The number of hydrogen-bond donors (Lipinski definition) is 2. The van der Waals surface area contributed by atoms with Crippen molar-refractivity contribution in [3.8, 4) is 0 Å². The maximum absolute atomic E-state index is 13.1. The fourth-order valence-corrected chi connectivity index (χ4v) is 2.58. The molecule has 6 heteroatoms. The number of nitrogens with two attached hydrogens (primary N) is 1. The summed E-state index contributed by atoms with van der Waals surface area (Å²) < 4.78 is 26.0. The number of hydrogen-bond acceptors (Lipinski definition) is 2. The first-order valence-corrected chi connectivity index (χ1v) is 7.83. The van der Waals surface area contributed by atoms with Gasteiger partial charge in [-0.1, -0.05) is 30.3 Å². The Morgan fingerprint density at radius 1 is 1.12 bits per heavy atom. The van der Waals surface area contributed by atoms with Crippen LogP contribution in [-0.2, 0) is 10.2 Å². The Kier molecular flexibility index (Phi) is 4.61. The Labute approximate surface area is 144 Å². The molecule has 0 aliphatic heterocycles. The molecule has 1 saturated carbocycles. The van der Waals surface area contributed by atoms with Gasteiger partial charge in [-0.3, -0.25) is 4.79 Å². The number of carbonyl (C=O) groups is 1. The summed E-state index contributed by atoms with van der Waals surface area (Å²) in [5.74, 6) is -2.10. The average Bonchev–Trinajstić information content (AvgIpc) is 3.41. The second-order valence-electron chi connectivity index (χ2n) is 5.90. The van der Waals surface area contributed by atoms with Crippen LogP contribution in [0, 0.1) is 11.6 Å². The molecule has 0 atom stereocenters. The highest BCUT2D eigenvalue weighted by Crippen LogP contribution is 2.49. The van der Waals surface area contributed by atoms with Crippen molar-refractivity contribution in [3.05, 3.63) is 78.0 Å². The van der Waals surface area contributed by atoms with Crippen molar-refractivity contribution in [1.29, 1.82) is 0 Å². The van der Waals surface area contributed by atoms with Gasteiger partial charge in [0.25, 0.3) is 5.91 Å². The highest BCUT2D eigenvalue weighted by molar-refractivity contribution is 6.04. The second-order valence-corrected chi connectivity index (χ2v) is 5.90. The van der Waals surface area contributed by atoms with Crippen LogP contribution in [0.1, 0.15) is 18.4 Å². The van der Waals surface area contributed by atoms with Crippen LogP contribution in [0.5, 0.6) is 0 Å². The van der Waals surface area contributed by atoms with E-state index in [1.54, 1.807) is 0 Å². The lowest BCUT2D eigenvalue weighted by molar-refractivity contribution is -0.120. The summed E-state index contributed by atoms with van der Waals surface area (Å²) in [6.45, 7) is 0. The molecule has 25 heavy (non-hydrogen) atoms. The van der Waals surface area contributed by atoms with Gasteiger partial charge in [-0.25, -0.2) is 8.78 Å². The van der Waals surface area contributed by atoms with E-state index in [9.17, 15) is 13.6 Å². The van der Waals surface area contributed by atoms with Gasteiger partial charge in [-0.05, 0) is 36.6 Å². The molecule has 0 aromatic heterocycles. The summed E-state index contributed by atoms with van der Waals surface area (Å²) in [4.78, 5) is 16.4. The first kappa shape index (κ1) is 16.8. The molecular formula is C19H17F2N3O. The Morgan fingerprint density at radius 3 is 2.48 bits per heavy atom. The van der Waals surface area contributed by atoms with Gasteiger partial charge in [0.1, 0.15) is 5.84 Å². The van der Waals surface area contributed by atoms with E-state index in [1.807, 2.05) is 30.3 Å². The molecule has 3 rings (SSSR count). The van der Waals surface area contributed by atoms with Crippen molar-refractivity contribution < 1.29 is 13.6 Å². The third-order valence-electron chi connectivity index (χ3n) is 4.14. The minimum atomic E-state index is -0.950. The molecule has 1 aliphatic rings. The van der Waals surface area contributed by atoms with Crippen LogP contribution >= 0.6 is 0 Å². The standard InChI is InChI=1S/C19H17F2N3O/c20-15-7-6-14(12-16(15)21)23-11-8-17(22)24-18(25)19(9-10-19)13-4-2-1-3-5-13/h1-8,11-12,23H,9-10H2,(H2,22,24,25)/b11-8-. The van der Waals surface area contributed by atoms with Gasteiger partial charge in [0, 0.05) is 18.0 Å². The normalized spacial score (nSPS) is 16.0. The predicted octanol–water partition coefficient (Wildman–Crippen LogP) is 3.51. The molecule has 4 nitrogen and oxygen atoms in total. The van der Waals surface area contributed by atoms with E-state index >= 15 is 0 Å². The van der Waals surface area contributed by atoms with Crippen LogP contribution in [0.25, 0.3) is 0 Å². The number of halogens is 2. The largest absolute Gasteiger partial charge is 0.384 e. The Hall–Kier alpha value is -3.02. The molecule has 0 saturated heterocycles. The zero-order valence-corrected chi connectivity index (χ0v) is 13.4. The average molecular weight is 341 g/mol. The lowest BCUT2D eigenvalue weighted by Crippen LogP contribution is -2.22. The first-order valence-electron chi connectivity index (χ1n) is 7.83. The van der Waals surface area contributed by atoms with Gasteiger partial charge in [0.15, 0.2) is 11.6 Å². The number of benzene rings is 2. The van der Waals surface area contributed by atoms with E-state index in [0.717, 1.165) is 30.5 Å². The number of nitrogens with one attached hydrogen (secondary N) is 1. The van der Waals surface area contributed by atoms with Crippen molar-refractivity contribution in [2.75, 3.05) is 5.32 Å². The van der Waals surface area contributed by atoms with Crippen LogP contribution < -0.4 is 11.1 Å². The number of anilines is 1.